The number of likely N-dealkylation sites (tertiary alicyclic amines) is 1. The van der Waals surface area contributed by atoms with Crippen LogP contribution in [0.5, 0.6) is 0 Å². The number of imidazole rings is 1. The van der Waals surface area contributed by atoms with E-state index in [4.69, 9.17) is 5.73 Å². The van der Waals surface area contributed by atoms with Gasteiger partial charge < -0.3 is 78.7 Å². The Bertz CT molecular complexity index is 2830. The molecule has 15 N–H and O–H groups in total. The molecule has 2 aliphatic rings. The minimum Gasteiger partial charge on any atom is -0.394 e. The summed E-state index contributed by atoms with van der Waals surface area (Å²) in [5.41, 5.74) is 7.48. The van der Waals surface area contributed by atoms with Crippen LogP contribution in [0.1, 0.15) is 62.8 Å². The highest BCUT2D eigenvalue weighted by Crippen LogP contribution is 2.21. The molecule has 2 aromatic heterocycles. The minimum atomic E-state index is -1.71. The smallest absolute Gasteiger partial charge is 0.248 e. The molecule has 4 aromatic rings. The van der Waals surface area contributed by atoms with Crippen molar-refractivity contribution in [2.24, 2.45) is 11.7 Å². The maximum atomic E-state index is 14.4. The lowest BCUT2D eigenvalue weighted by Gasteiger charge is -2.29. The molecule has 8 atom stereocenters. The fourth-order valence-corrected chi connectivity index (χ4v) is 9.20. The third-order valence-corrected chi connectivity index (χ3v) is 13.2. The normalized spacial score (nSPS) is 17.2. The summed E-state index contributed by atoms with van der Waals surface area (Å²) in [6.45, 7) is 0.659. The number of nitrogens with two attached hydrogens (primary N) is 1. The highest BCUT2D eigenvalue weighted by molar-refractivity contribution is 5.99. The molecule has 424 valence electrons. The number of nitrogens with zero attached hydrogens (tertiary/aromatic N) is 2. The van der Waals surface area contributed by atoms with Crippen molar-refractivity contribution in [2.75, 3.05) is 32.8 Å². The number of primary amides is 1. The lowest BCUT2D eigenvalue weighted by molar-refractivity contribution is -0.143. The Morgan fingerprint density at radius 2 is 1.32 bits per heavy atom. The van der Waals surface area contributed by atoms with Crippen LogP contribution in [0.4, 0.5) is 0 Å². The Morgan fingerprint density at radius 1 is 0.684 bits per heavy atom. The van der Waals surface area contributed by atoms with E-state index in [0.717, 1.165) is 10.9 Å². The number of hydrogen-bond acceptors (Lipinski definition) is 14. The number of carbonyl (C=O) groups is 11. The lowest BCUT2D eigenvalue weighted by Crippen LogP contribution is -2.60. The summed E-state index contributed by atoms with van der Waals surface area (Å²) >= 11 is 0. The maximum Gasteiger partial charge on any atom is 0.248 e. The van der Waals surface area contributed by atoms with Gasteiger partial charge in [-0.2, -0.15) is 0 Å². The fourth-order valence-electron chi connectivity index (χ4n) is 9.20. The topological polar surface area (TPSA) is 410 Å². The van der Waals surface area contributed by atoms with E-state index in [0.29, 0.717) is 23.2 Å². The van der Waals surface area contributed by atoms with Gasteiger partial charge in [0.05, 0.1) is 32.6 Å². The Balaban J connectivity index is 1.13. The van der Waals surface area contributed by atoms with Crippen LogP contribution in [0.15, 0.2) is 73.3 Å². The molecular weight excluding hydrogens is 1030 g/mol. The number of fused-ring (bicyclic) bond motifs is 1. The second kappa shape index (κ2) is 28.6. The summed E-state index contributed by atoms with van der Waals surface area (Å²) in [4.78, 5) is 158. The Labute approximate surface area is 453 Å². The predicted molar refractivity (Wildman–Crippen MR) is 281 cm³/mol. The first-order chi connectivity index (χ1) is 37.8. The third kappa shape index (κ3) is 17.1. The Morgan fingerprint density at radius 3 is 1.96 bits per heavy atom. The zero-order valence-corrected chi connectivity index (χ0v) is 43.7. The van der Waals surface area contributed by atoms with Crippen molar-refractivity contribution in [1.82, 2.24) is 67.7 Å². The van der Waals surface area contributed by atoms with Crippen molar-refractivity contribution in [2.45, 2.75) is 114 Å². The van der Waals surface area contributed by atoms with Crippen molar-refractivity contribution < 1.29 is 63.0 Å². The van der Waals surface area contributed by atoms with E-state index in [1.807, 2.05) is 6.07 Å². The van der Waals surface area contributed by atoms with Gasteiger partial charge in [0.2, 0.25) is 65.0 Å². The van der Waals surface area contributed by atoms with Crippen molar-refractivity contribution >= 4 is 75.9 Å². The molecule has 2 saturated heterocycles. The second-order valence-electron chi connectivity index (χ2n) is 19.7. The maximum absolute atomic E-state index is 14.4. The molecule has 2 aliphatic heterocycles. The molecule has 27 nitrogen and oxygen atoms in total. The van der Waals surface area contributed by atoms with Crippen LogP contribution in [0.2, 0.25) is 0 Å². The van der Waals surface area contributed by atoms with Crippen LogP contribution in [0, 0.1) is 5.92 Å². The average Bonchev–Trinajstić information content (AvgIpc) is 4.32. The van der Waals surface area contributed by atoms with E-state index in [9.17, 15) is 63.0 Å². The number of aromatic nitrogens is 3. The largest absolute Gasteiger partial charge is 0.394 e. The molecule has 2 fully saturated rings. The molecule has 8 unspecified atom stereocenters. The third-order valence-electron chi connectivity index (χ3n) is 13.2. The Kier molecular flexibility index (Phi) is 21.5. The SMILES string of the molecule is CC(C)CC(NC(=O)CNC(=O)C(Cc1ccccc1)NC(=O)C(CO)NC(=O)C(Cc1c[nH]c2ccccc12)NC(=O)C(Cc1cnc[nH]1)NC(=O)C1CCC(=O)N1)C(=O)NC(CO)C(=O)N1CCCC1C(=O)NCC(N)=O. The molecular formula is C52H68N14O13. The number of carbonyl (C=O) groups excluding carboxylic acids is 11. The molecule has 0 aliphatic carbocycles. The monoisotopic (exact) mass is 1100 g/mol. The number of rotatable bonds is 28. The molecule has 2 aromatic carbocycles. The van der Waals surface area contributed by atoms with Crippen molar-refractivity contribution in [3.63, 3.8) is 0 Å². The van der Waals surface area contributed by atoms with E-state index in [2.05, 4.69) is 62.8 Å². The van der Waals surface area contributed by atoms with Gasteiger partial charge in [-0.3, -0.25) is 52.7 Å². The van der Waals surface area contributed by atoms with E-state index in [1.165, 1.54) is 17.4 Å². The zero-order valence-electron chi connectivity index (χ0n) is 43.7. The van der Waals surface area contributed by atoms with E-state index >= 15 is 0 Å². The number of nitrogens with one attached hydrogen (secondary N) is 11. The van der Waals surface area contributed by atoms with Gasteiger partial charge in [0, 0.05) is 61.2 Å². The van der Waals surface area contributed by atoms with E-state index < -0.39 is 134 Å². The van der Waals surface area contributed by atoms with Gasteiger partial charge in [0.15, 0.2) is 0 Å². The Hall–Kier alpha value is -8.72. The van der Waals surface area contributed by atoms with Crippen LogP contribution in [-0.2, 0) is 72.0 Å². The highest BCUT2D eigenvalue weighted by Gasteiger charge is 2.39. The summed E-state index contributed by atoms with van der Waals surface area (Å²) < 4.78 is 0. The van der Waals surface area contributed by atoms with Crippen molar-refractivity contribution in [3.8, 4) is 0 Å². The molecule has 27 heteroatoms. The summed E-state index contributed by atoms with van der Waals surface area (Å²) in [6.07, 6.45) is 5.16. The van der Waals surface area contributed by atoms with Crippen molar-refractivity contribution in [1.29, 1.82) is 0 Å². The van der Waals surface area contributed by atoms with E-state index in [-0.39, 0.29) is 63.3 Å². The first-order valence-electron chi connectivity index (χ1n) is 25.9. The molecule has 0 radical (unpaired) electrons. The number of aliphatic hydroxyl groups is 2. The van der Waals surface area contributed by atoms with Crippen LogP contribution in [0.25, 0.3) is 10.9 Å². The quantitative estimate of drug-likeness (QED) is 0.0257. The fraction of sp³-hybridized carbons (Fsp3) is 0.462. The number of amides is 11. The first-order valence-corrected chi connectivity index (χ1v) is 25.9. The molecule has 79 heavy (non-hydrogen) atoms. The number of aromatic amines is 2. The summed E-state index contributed by atoms with van der Waals surface area (Å²) in [5.74, 6) is -8.67. The van der Waals surface area contributed by atoms with Crippen molar-refractivity contribution in [3.05, 3.63) is 90.1 Å². The summed E-state index contributed by atoms with van der Waals surface area (Å²) in [7, 11) is 0. The van der Waals surface area contributed by atoms with Gasteiger partial charge in [-0.05, 0) is 48.8 Å². The van der Waals surface area contributed by atoms with Crippen LogP contribution < -0.4 is 53.6 Å². The summed E-state index contributed by atoms with van der Waals surface area (Å²) in [6, 6.07) is 5.11. The van der Waals surface area contributed by atoms with E-state index in [1.54, 1.807) is 68.6 Å². The molecule has 6 rings (SSSR count). The molecule has 0 saturated carbocycles. The van der Waals surface area contributed by atoms with Crippen LogP contribution in [0.3, 0.4) is 0 Å². The number of para-hydroxylation sites is 1. The van der Waals surface area contributed by atoms with Gasteiger partial charge in [0.25, 0.3) is 0 Å². The number of hydrogen-bond donors (Lipinski definition) is 14. The number of H-pyrrole nitrogens is 2. The number of benzene rings is 2. The first kappa shape index (κ1) is 59.5. The van der Waals surface area contributed by atoms with Gasteiger partial charge in [0.1, 0.15) is 48.3 Å². The van der Waals surface area contributed by atoms with Gasteiger partial charge >= 0.3 is 0 Å². The van der Waals surface area contributed by atoms with Gasteiger partial charge in [-0.1, -0.05) is 62.4 Å². The minimum absolute atomic E-state index is 0.0522. The molecule has 11 amide bonds. The summed E-state index contributed by atoms with van der Waals surface area (Å²) in [5, 5.41) is 44.3. The van der Waals surface area contributed by atoms with Gasteiger partial charge in [-0.15, -0.1) is 0 Å². The zero-order chi connectivity index (χ0) is 57.2. The van der Waals surface area contributed by atoms with Gasteiger partial charge in [-0.25, -0.2) is 4.98 Å². The average molecular weight is 1100 g/mol. The second-order valence-corrected chi connectivity index (χ2v) is 19.7. The lowest BCUT2D eigenvalue weighted by atomic mass is 10.0. The van der Waals surface area contributed by atoms with Crippen LogP contribution >= 0.6 is 0 Å². The predicted octanol–water partition coefficient (Wildman–Crippen LogP) is -4.15. The standard InChI is InChI=1S/C52H68N14O13/c1-28(2)17-35(47(74)65-40(26-68)52(79)66-16-8-13-41(66)51(78)56-23-42(53)69)60-44(71)24-57-45(72)36(18-29-9-4-3-5-10-29)61-50(77)39(25-67)64-48(75)37(19-30-21-55-33-12-7-6-11-32(30)33)62-49(76)38(20-31-22-54-27-58-31)63-46(73)34-14-15-43(70)59-34/h3-7,9-12,21-22,27-28,34-41,55,67-68H,8,13-20,23-26H2,1-2H3,(H2,53,69)(H,54,58)(H,56,78)(H,57,72)(H,59,70)(H,60,71)(H,61,77)(H,62,76)(H,63,73)(H,64,75)(H,65,74). The molecule has 0 spiro atoms. The molecule has 4 heterocycles. The molecule has 0 bridgehead atoms. The highest BCUT2D eigenvalue weighted by atomic mass is 16.3. The number of aliphatic hydroxyl groups excluding tert-OH is 2. The van der Waals surface area contributed by atoms with Crippen LogP contribution in [-0.4, -0.2) is 176 Å².